The van der Waals surface area contributed by atoms with Crippen molar-refractivity contribution < 1.29 is 0 Å². The Balaban J connectivity index is 2.73. The molecule has 0 aromatic rings. The van der Waals surface area contributed by atoms with E-state index in [1.807, 2.05) is 0 Å². The van der Waals surface area contributed by atoms with Gasteiger partial charge < -0.3 is 5.32 Å². The van der Waals surface area contributed by atoms with Gasteiger partial charge in [0.05, 0.1) is 0 Å². The topological polar surface area (TPSA) is 12.0 Å². The average Bonchev–Trinajstić information content (AvgIpc) is 2.34. The van der Waals surface area contributed by atoms with Crippen LogP contribution in [-0.2, 0) is 0 Å². The van der Waals surface area contributed by atoms with Gasteiger partial charge in [0.1, 0.15) is 0 Å². The Bertz CT molecular complexity index is 138. The van der Waals surface area contributed by atoms with Gasteiger partial charge in [0.2, 0.25) is 0 Å². The molecule has 0 unspecified atom stereocenters. The minimum absolute atomic E-state index is 0.333. The summed E-state index contributed by atoms with van der Waals surface area (Å²) in [6.45, 7) is 9.17. The normalized spacial score (nSPS) is 21.3. The third-order valence-electron chi connectivity index (χ3n) is 2.99. The molecule has 0 aliphatic carbocycles. The third-order valence-corrected chi connectivity index (χ3v) is 2.99. The molecule has 1 rings (SSSR count). The van der Waals surface area contributed by atoms with Crippen molar-refractivity contribution in [1.29, 1.82) is 0 Å². The molecular weight excluding hydrogens is 134 g/mol. The number of hydrogen-bond donors (Lipinski definition) is 1. The van der Waals surface area contributed by atoms with Crippen molar-refractivity contribution in [3.63, 3.8) is 0 Å². The quantitative estimate of drug-likeness (QED) is 0.643. The van der Waals surface area contributed by atoms with Crippen molar-refractivity contribution in [2.45, 2.75) is 39.7 Å². The molecule has 1 heteroatoms. The van der Waals surface area contributed by atoms with Gasteiger partial charge in [-0.3, -0.25) is 0 Å². The number of hydrogen-bond acceptors (Lipinski definition) is 1. The smallest absolute Gasteiger partial charge is 0.0448 e. The number of nitrogens with one attached hydrogen (secondary N) is 1. The van der Waals surface area contributed by atoms with Crippen LogP contribution in [0.4, 0.5) is 0 Å². The zero-order chi connectivity index (χ0) is 8.48. The molecule has 0 saturated carbocycles. The standard InChI is InChI=1S/C10H19N/c1-8(2)10(9(3)4)6-5-7-11-10/h5,7-9,11H,6H2,1-4H3. The summed E-state index contributed by atoms with van der Waals surface area (Å²) in [5, 5.41) is 3.49. The maximum atomic E-state index is 3.49. The highest BCUT2D eigenvalue weighted by Crippen LogP contribution is 2.32. The molecule has 1 N–H and O–H groups in total. The zero-order valence-electron chi connectivity index (χ0n) is 8.02. The molecule has 0 fully saturated rings. The lowest BCUT2D eigenvalue weighted by atomic mass is 9.76. The van der Waals surface area contributed by atoms with Crippen LogP contribution in [0.15, 0.2) is 12.3 Å². The minimum Gasteiger partial charge on any atom is -0.385 e. The summed E-state index contributed by atoms with van der Waals surface area (Å²) in [6.07, 6.45) is 5.52. The minimum atomic E-state index is 0.333. The lowest BCUT2D eigenvalue weighted by Crippen LogP contribution is -2.48. The van der Waals surface area contributed by atoms with Gasteiger partial charge in [-0.1, -0.05) is 33.8 Å². The Labute approximate surface area is 69.9 Å². The maximum absolute atomic E-state index is 3.49. The predicted molar refractivity (Wildman–Crippen MR) is 49.3 cm³/mol. The second-order valence-corrected chi connectivity index (χ2v) is 4.10. The first-order chi connectivity index (χ1) is 5.09. The van der Waals surface area contributed by atoms with E-state index in [0.29, 0.717) is 17.4 Å². The first kappa shape index (κ1) is 8.63. The van der Waals surface area contributed by atoms with Gasteiger partial charge in [-0.05, 0) is 24.5 Å². The molecular formula is C10H19N. The SMILES string of the molecule is CC(C)C1(C(C)C)CC=CN1. The Morgan fingerprint density at radius 3 is 1.91 bits per heavy atom. The second kappa shape index (κ2) is 2.88. The summed E-state index contributed by atoms with van der Waals surface area (Å²) >= 11 is 0. The molecule has 1 heterocycles. The van der Waals surface area contributed by atoms with E-state index in [4.69, 9.17) is 0 Å². The molecule has 11 heavy (non-hydrogen) atoms. The lowest BCUT2D eigenvalue weighted by molar-refractivity contribution is 0.201. The van der Waals surface area contributed by atoms with Gasteiger partial charge in [0.15, 0.2) is 0 Å². The van der Waals surface area contributed by atoms with Crippen LogP contribution in [0.5, 0.6) is 0 Å². The first-order valence-electron chi connectivity index (χ1n) is 4.52. The Hall–Kier alpha value is -0.460. The number of rotatable bonds is 2. The molecule has 1 nitrogen and oxygen atoms in total. The molecule has 64 valence electrons. The monoisotopic (exact) mass is 153 g/mol. The van der Waals surface area contributed by atoms with Crippen LogP contribution in [0.3, 0.4) is 0 Å². The highest BCUT2D eigenvalue weighted by Gasteiger charge is 2.36. The van der Waals surface area contributed by atoms with E-state index in [1.54, 1.807) is 0 Å². The van der Waals surface area contributed by atoms with Gasteiger partial charge in [-0.25, -0.2) is 0 Å². The van der Waals surface area contributed by atoms with Crippen LogP contribution in [0.1, 0.15) is 34.1 Å². The summed E-state index contributed by atoms with van der Waals surface area (Å²) in [5.41, 5.74) is 0.333. The van der Waals surface area contributed by atoms with Gasteiger partial charge in [-0.2, -0.15) is 0 Å². The molecule has 0 aromatic carbocycles. The molecule has 0 saturated heterocycles. The van der Waals surface area contributed by atoms with Crippen molar-refractivity contribution >= 4 is 0 Å². The van der Waals surface area contributed by atoms with E-state index in [9.17, 15) is 0 Å². The Kier molecular flexibility index (Phi) is 2.26. The molecule has 1 aliphatic heterocycles. The van der Waals surface area contributed by atoms with Crippen molar-refractivity contribution in [2.75, 3.05) is 0 Å². The van der Waals surface area contributed by atoms with E-state index < -0.39 is 0 Å². The molecule has 0 amide bonds. The van der Waals surface area contributed by atoms with Gasteiger partial charge in [0.25, 0.3) is 0 Å². The molecule has 0 bridgehead atoms. The van der Waals surface area contributed by atoms with Crippen LogP contribution in [0.25, 0.3) is 0 Å². The molecule has 0 spiro atoms. The summed E-state index contributed by atoms with van der Waals surface area (Å²) in [5.74, 6) is 1.41. The van der Waals surface area contributed by atoms with Gasteiger partial charge >= 0.3 is 0 Å². The summed E-state index contributed by atoms with van der Waals surface area (Å²) in [4.78, 5) is 0. The van der Waals surface area contributed by atoms with Crippen molar-refractivity contribution in [3.05, 3.63) is 12.3 Å². The molecule has 0 atom stereocenters. The fourth-order valence-electron chi connectivity index (χ4n) is 2.00. The van der Waals surface area contributed by atoms with Crippen LogP contribution in [-0.4, -0.2) is 5.54 Å². The van der Waals surface area contributed by atoms with Crippen LogP contribution in [0, 0.1) is 11.8 Å². The van der Waals surface area contributed by atoms with E-state index in [-0.39, 0.29) is 0 Å². The summed E-state index contributed by atoms with van der Waals surface area (Å²) in [7, 11) is 0. The van der Waals surface area contributed by atoms with E-state index >= 15 is 0 Å². The predicted octanol–water partition coefficient (Wildman–Crippen LogP) is 2.54. The zero-order valence-corrected chi connectivity index (χ0v) is 8.02. The molecule has 0 radical (unpaired) electrons. The van der Waals surface area contributed by atoms with E-state index in [0.717, 1.165) is 0 Å². The highest BCUT2D eigenvalue weighted by atomic mass is 15.0. The third kappa shape index (κ3) is 1.29. The van der Waals surface area contributed by atoms with Crippen LogP contribution in [0.2, 0.25) is 0 Å². The summed E-state index contributed by atoms with van der Waals surface area (Å²) < 4.78 is 0. The van der Waals surface area contributed by atoms with Crippen molar-refractivity contribution in [1.82, 2.24) is 5.32 Å². The van der Waals surface area contributed by atoms with E-state index in [2.05, 4.69) is 45.3 Å². The van der Waals surface area contributed by atoms with Crippen LogP contribution >= 0.6 is 0 Å². The fourth-order valence-corrected chi connectivity index (χ4v) is 2.00. The highest BCUT2D eigenvalue weighted by molar-refractivity contribution is 5.08. The largest absolute Gasteiger partial charge is 0.385 e. The first-order valence-corrected chi connectivity index (χ1v) is 4.52. The summed E-state index contributed by atoms with van der Waals surface area (Å²) in [6, 6.07) is 0. The van der Waals surface area contributed by atoms with Crippen molar-refractivity contribution in [3.8, 4) is 0 Å². The van der Waals surface area contributed by atoms with Crippen LogP contribution < -0.4 is 5.32 Å². The van der Waals surface area contributed by atoms with Gasteiger partial charge in [0, 0.05) is 5.54 Å². The Morgan fingerprint density at radius 2 is 1.73 bits per heavy atom. The second-order valence-electron chi connectivity index (χ2n) is 4.10. The molecule has 0 aromatic heterocycles. The van der Waals surface area contributed by atoms with E-state index in [1.165, 1.54) is 6.42 Å². The van der Waals surface area contributed by atoms with Gasteiger partial charge in [-0.15, -0.1) is 0 Å². The lowest BCUT2D eigenvalue weighted by Gasteiger charge is -2.38. The fraction of sp³-hybridized carbons (Fsp3) is 0.800. The van der Waals surface area contributed by atoms with Crippen molar-refractivity contribution in [2.24, 2.45) is 11.8 Å². The Morgan fingerprint density at radius 1 is 1.18 bits per heavy atom. The average molecular weight is 153 g/mol. The maximum Gasteiger partial charge on any atom is 0.0448 e. The molecule has 1 aliphatic rings.